The average molecular weight is 292 g/mol. The molecule has 0 aromatic heterocycles. The number of hydrogen-bond acceptors (Lipinski definition) is 2. The van der Waals surface area contributed by atoms with Gasteiger partial charge in [-0.3, -0.25) is 4.90 Å². The van der Waals surface area contributed by atoms with Crippen molar-refractivity contribution in [2.75, 3.05) is 19.6 Å². The highest BCUT2D eigenvalue weighted by Crippen LogP contribution is 2.35. The Bertz CT molecular complexity index is 300. The van der Waals surface area contributed by atoms with Crippen molar-refractivity contribution in [3.8, 4) is 0 Å². The van der Waals surface area contributed by atoms with Crippen LogP contribution >= 0.6 is 0 Å². The monoisotopic (exact) mass is 292 g/mol. The zero-order valence-electron chi connectivity index (χ0n) is 12.5. The van der Waals surface area contributed by atoms with Crippen molar-refractivity contribution < 1.29 is 13.2 Å². The van der Waals surface area contributed by atoms with E-state index in [9.17, 15) is 13.2 Å². The number of hydrogen-bond donors (Lipinski definition) is 1. The molecule has 2 atom stereocenters. The van der Waals surface area contributed by atoms with Crippen molar-refractivity contribution in [3.05, 3.63) is 0 Å². The fraction of sp³-hybridized carbons (Fsp3) is 1.00. The Balaban J connectivity index is 1.77. The van der Waals surface area contributed by atoms with E-state index in [1.807, 2.05) is 0 Å². The SMILES string of the molecule is CC(C)C1CNC(C2CC2)CN1CCCCC(F)(F)F. The quantitative estimate of drug-likeness (QED) is 0.755. The van der Waals surface area contributed by atoms with Crippen LogP contribution in [0.25, 0.3) is 0 Å². The average Bonchev–Trinajstić information content (AvgIpc) is 3.17. The Kier molecular flexibility index (Phi) is 5.35. The van der Waals surface area contributed by atoms with Gasteiger partial charge in [0, 0.05) is 31.6 Å². The second kappa shape index (κ2) is 6.65. The maximum atomic E-state index is 12.2. The molecule has 0 aromatic carbocycles. The summed E-state index contributed by atoms with van der Waals surface area (Å²) >= 11 is 0. The van der Waals surface area contributed by atoms with Crippen LogP contribution in [-0.2, 0) is 0 Å². The largest absolute Gasteiger partial charge is 0.389 e. The van der Waals surface area contributed by atoms with E-state index in [-0.39, 0.29) is 6.42 Å². The predicted octanol–water partition coefficient (Wildman–Crippen LogP) is 3.43. The van der Waals surface area contributed by atoms with Crippen molar-refractivity contribution in [2.24, 2.45) is 11.8 Å². The minimum absolute atomic E-state index is 0.256. The Hall–Kier alpha value is -0.290. The van der Waals surface area contributed by atoms with Gasteiger partial charge in [0.25, 0.3) is 0 Å². The molecule has 118 valence electrons. The minimum atomic E-state index is -4.00. The van der Waals surface area contributed by atoms with Crippen LogP contribution in [0.5, 0.6) is 0 Å². The number of nitrogens with one attached hydrogen (secondary N) is 1. The summed E-state index contributed by atoms with van der Waals surface area (Å²) < 4.78 is 36.5. The second-order valence-corrected chi connectivity index (χ2v) is 6.73. The van der Waals surface area contributed by atoms with Gasteiger partial charge in [0.15, 0.2) is 0 Å². The van der Waals surface area contributed by atoms with Crippen molar-refractivity contribution in [3.63, 3.8) is 0 Å². The Morgan fingerprint density at radius 1 is 1.20 bits per heavy atom. The topological polar surface area (TPSA) is 15.3 Å². The van der Waals surface area contributed by atoms with Crippen molar-refractivity contribution in [1.29, 1.82) is 0 Å². The molecule has 1 saturated carbocycles. The Morgan fingerprint density at radius 3 is 2.45 bits per heavy atom. The summed E-state index contributed by atoms with van der Waals surface area (Å²) in [7, 11) is 0. The molecule has 1 aliphatic heterocycles. The van der Waals surface area contributed by atoms with Crippen molar-refractivity contribution in [2.45, 2.75) is 64.2 Å². The van der Waals surface area contributed by atoms with Crippen LogP contribution < -0.4 is 5.32 Å². The standard InChI is InChI=1S/C15H27F3N2/c1-11(2)14-9-19-13(12-5-6-12)10-20(14)8-4-3-7-15(16,17)18/h11-14,19H,3-10H2,1-2H3. The maximum Gasteiger partial charge on any atom is 0.389 e. The third-order valence-electron chi connectivity index (χ3n) is 4.61. The van der Waals surface area contributed by atoms with E-state index in [0.29, 0.717) is 24.4 Å². The predicted molar refractivity (Wildman–Crippen MR) is 74.6 cm³/mol. The summed E-state index contributed by atoms with van der Waals surface area (Å²) in [6.07, 6.45) is -1.11. The number of rotatable bonds is 6. The first-order valence-electron chi connectivity index (χ1n) is 7.91. The van der Waals surface area contributed by atoms with Crippen LogP contribution in [0.2, 0.25) is 0 Å². The van der Waals surface area contributed by atoms with Crippen LogP contribution in [0.15, 0.2) is 0 Å². The summed E-state index contributed by atoms with van der Waals surface area (Å²) in [4.78, 5) is 2.43. The van der Waals surface area contributed by atoms with E-state index in [1.165, 1.54) is 12.8 Å². The van der Waals surface area contributed by atoms with Gasteiger partial charge in [-0.05, 0) is 44.1 Å². The van der Waals surface area contributed by atoms with E-state index in [1.54, 1.807) is 0 Å². The zero-order valence-corrected chi connectivity index (χ0v) is 12.5. The molecule has 2 unspecified atom stereocenters. The lowest BCUT2D eigenvalue weighted by Gasteiger charge is -2.42. The van der Waals surface area contributed by atoms with E-state index in [0.717, 1.165) is 25.6 Å². The van der Waals surface area contributed by atoms with Gasteiger partial charge in [0.05, 0.1) is 0 Å². The molecule has 0 aromatic rings. The van der Waals surface area contributed by atoms with Gasteiger partial charge in [-0.25, -0.2) is 0 Å². The first kappa shape index (κ1) is 16.1. The number of unbranched alkanes of at least 4 members (excludes halogenated alkanes) is 1. The van der Waals surface area contributed by atoms with E-state index in [4.69, 9.17) is 0 Å². The smallest absolute Gasteiger partial charge is 0.311 e. The summed E-state index contributed by atoms with van der Waals surface area (Å²) in [5.41, 5.74) is 0. The van der Waals surface area contributed by atoms with Gasteiger partial charge >= 0.3 is 6.18 Å². The normalized spacial score (nSPS) is 29.1. The van der Waals surface area contributed by atoms with Gasteiger partial charge in [-0.2, -0.15) is 13.2 Å². The lowest BCUT2D eigenvalue weighted by atomic mass is 9.96. The molecule has 0 radical (unpaired) electrons. The molecule has 1 aliphatic carbocycles. The molecule has 2 fully saturated rings. The number of nitrogens with zero attached hydrogens (tertiary/aromatic N) is 1. The lowest BCUT2D eigenvalue weighted by molar-refractivity contribution is -0.135. The molecule has 0 amide bonds. The van der Waals surface area contributed by atoms with Crippen LogP contribution in [0.3, 0.4) is 0 Å². The summed E-state index contributed by atoms with van der Waals surface area (Å²) in [6, 6.07) is 1.03. The van der Waals surface area contributed by atoms with Crippen molar-refractivity contribution in [1.82, 2.24) is 10.2 Å². The number of piperazine rings is 1. The van der Waals surface area contributed by atoms with E-state index in [2.05, 4.69) is 24.1 Å². The first-order valence-corrected chi connectivity index (χ1v) is 7.91. The molecule has 1 saturated heterocycles. The van der Waals surface area contributed by atoms with Gasteiger partial charge in [-0.1, -0.05) is 13.8 Å². The molecular weight excluding hydrogens is 265 g/mol. The van der Waals surface area contributed by atoms with E-state index < -0.39 is 12.6 Å². The molecule has 5 heteroatoms. The molecule has 2 aliphatic rings. The highest BCUT2D eigenvalue weighted by Gasteiger charge is 2.37. The third-order valence-corrected chi connectivity index (χ3v) is 4.61. The fourth-order valence-electron chi connectivity index (χ4n) is 3.22. The van der Waals surface area contributed by atoms with Crippen molar-refractivity contribution >= 4 is 0 Å². The fourth-order valence-corrected chi connectivity index (χ4v) is 3.22. The molecule has 1 N–H and O–H groups in total. The number of halogens is 3. The van der Waals surface area contributed by atoms with Gasteiger partial charge in [0.2, 0.25) is 0 Å². The molecule has 2 rings (SSSR count). The number of alkyl halides is 3. The van der Waals surface area contributed by atoms with Crippen LogP contribution in [-0.4, -0.2) is 42.8 Å². The lowest BCUT2D eigenvalue weighted by Crippen LogP contribution is -2.59. The summed E-state index contributed by atoms with van der Waals surface area (Å²) in [5.74, 6) is 1.35. The molecule has 0 spiro atoms. The van der Waals surface area contributed by atoms with Crippen LogP contribution in [0.1, 0.15) is 46.0 Å². The van der Waals surface area contributed by atoms with Crippen LogP contribution in [0.4, 0.5) is 13.2 Å². The highest BCUT2D eigenvalue weighted by molar-refractivity contribution is 4.95. The third kappa shape index (κ3) is 4.92. The summed E-state index contributed by atoms with van der Waals surface area (Å²) in [5, 5.41) is 3.64. The molecule has 1 heterocycles. The summed E-state index contributed by atoms with van der Waals surface area (Å²) in [6.45, 7) is 7.21. The zero-order chi connectivity index (χ0) is 14.8. The molecular formula is C15H27F3N2. The molecule has 20 heavy (non-hydrogen) atoms. The highest BCUT2D eigenvalue weighted by atomic mass is 19.4. The Labute approximate surface area is 120 Å². The first-order chi connectivity index (χ1) is 9.37. The van der Waals surface area contributed by atoms with Gasteiger partial charge in [0.1, 0.15) is 0 Å². The molecule has 2 nitrogen and oxygen atoms in total. The van der Waals surface area contributed by atoms with E-state index >= 15 is 0 Å². The molecule has 0 bridgehead atoms. The van der Waals surface area contributed by atoms with Crippen LogP contribution in [0, 0.1) is 11.8 Å². The maximum absolute atomic E-state index is 12.2. The second-order valence-electron chi connectivity index (χ2n) is 6.73. The Morgan fingerprint density at radius 2 is 1.90 bits per heavy atom. The minimum Gasteiger partial charge on any atom is -0.311 e. The van der Waals surface area contributed by atoms with Gasteiger partial charge in [-0.15, -0.1) is 0 Å². The van der Waals surface area contributed by atoms with Gasteiger partial charge < -0.3 is 5.32 Å².